The van der Waals surface area contributed by atoms with Gasteiger partial charge in [-0.15, -0.1) is 54.1 Å². The number of aryl methyl sites for hydroxylation is 2. The number of pyridine rings is 3. The van der Waals surface area contributed by atoms with Gasteiger partial charge in [0, 0.05) is 48.6 Å². The summed E-state index contributed by atoms with van der Waals surface area (Å²) in [7, 11) is 0. The number of hydrogen-bond acceptors (Lipinski definition) is 5. The average Bonchev–Trinajstić information content (AvgIpc) is 3.72. The normalized spacial score (nSPS) is 10.9. The van der Waals surface area contributed by atoms with Crippen LogP contribution in [0.5, 0.6) is 0 Å². The van der Waals surface area contributed by atoms with Gasteiger partial charge >= 0.3 is 0 Å². The molecule has 239 valence electrons. The maximum absolute atomic E-state index is 6.32. The molecule has 9 aromatic rings. The first-order valence-electron chi connectivity index (χ1n) is 15.7. The molecule has 1 radical (unpaired) electrons. The van der Waals surface area contributed by atoms with Crippen LogP contribution in [0.15, 0.2) is 144 Å². The zero-order valence-corrected chi connectivity index (χ0v) is 29.2. The molecule has 0 aliphatic carbocycles. The molecule has 4 aromatic carbocycles. The quantitative estimate of drug-likeness (QED) is 0.166. The summed E-state index contributed by atoms with van der Waals surface area (Å²) in [4.78, 5) is 18.9. The third-order valence-electron chi connectivity index (χ3n) is 8.21. The van der Waals surface area contributed by atoms with Crippen molar-refractivity contribution < 1.29 is 24.5 Å². The maximum atomic E-state index is 6.32. The fourth-order valence-electron chi connectivity index (χ4n) is 5.95. The maximum Gasteiger partial charge on any atom is 0.216 e. The van der Waals surface area contributed by atoms with Gasteiger partial charge < -0.3 is 14.0 Å². The summed E-state index contributed by atoms with van der Waals surface area (Å²) >= 11 is 0. The van der Waals surface area contributed by atoms with E-state index in [4.69, 9.17) is 14.4 Å². The van der Waals surface area contributed by atoms with Gasteiger partial charge in [0.05, 0.1) is 33.8 Å². The predicted molar refractivity (Wildman–Crippen MR) is 192 cm³/mol. The number of benzene rings is 4. The van der Waals surface area contributed by atoms with Gasteiger partial charge in [-0.05, 0) is 55.9 Å². The summed E-state index contributed by atoms with van der Waals surface area (Å²) in [5, 5.41) is 1.98. The van der Waals surface area contributed by atoms with Crippen LogP contribution in [0.3, 0.4) is 0 Å². The zero-order chi connectivity index (χ0) is 32.5. The van der Waals surface area contributed by atoms with Crippen molar-refractivity contribution in [1.82, 2.24) is 24.5 Å². The van der Waals surface area contributed by atoms with E-state index in [1.165, 1.54) is 0 Å². The van der Waals surface area contributed by atoms with E-state index in [9.17, 15) is 0 Å². The standard InChI is InChI=1S/C31H21N4O.C11H8N.Ir/c1-19-16-17-24-23-14-9-15-25(29(23)36-31(24)32-19)30-34-28-20(2)33-26(21-10-5-3-6-11-21)18-27(28)35(30)22-12-7-4-8-13-22;1-2-6-10(7-3-1)11-8-4-5-9-12-11;/h3-14,16-18H,1-2H3;1-6,8-9H;/q2*-1;. The van der Waals surface area contributed by atoms with Crippen molar-refractivity contribution >= 4 is 33.1 Å². The zero-order valence-electron chi connectivity index (χ0n) is 26.8. The number of furan rings is 1. The largest absolute Gasteiger partial charge is 0.486 e. The first kappa shape index (κ1) is 31.8. The summed E-state index contributed by atoms with van der Waals surface area (Å²) in [6.07, 6.45) is 1.79. The summed E-state index contributed by atoms with van der Waals surface area (Å²) in [5.74, 6) is 0.757. The second-order valence-corrected chi connectivity index (χ2v) is 11.4. The average molecular weight is 812 g/mol. The molecular formula is C42H29IrN5O-2. The molecule has 0 saturated carbocycles. The molecule has 0 fully saturated rings. The van der Waals surface area contributed by atoms with E-state index in [0.717, 1.165) is 78.4 Å². The van der Waals surface area contributed by atoms with Crippen molar-refractivity contribution in [2.75, 3.05) is 0 Å². The van der Waals surface area contributed by atoms with E-state index in [2.05, 4.69) is 63.1 Å². The summed E-state index contributed by atoms with van der Waals surface area (Å²) < 4.78 is 8.49. The minimum absolute atomic E-state index is 0. The second-order valence-electron chi connectivity index (χ2n) is 11.4. The molecule has 0 atom stereocenters. The van der Waals surface area contributed by atoms with E-state index in [-0.39, 0.29) is 20.1 Å². The molecule has 5 heterocycles. The van der Waals surface area contributed by atoms with E-state index < -0.39 is 0 Å². The van der Waals surface area contributed by atoms with Crippen LogP contribution in [0.25, 0.3) is 72.7 Å². The summed E-state index contributed by atoms with van der Waals surface area (Å²) in [6, 6.07) is 50.9. The van der Waals surface area contributed by atoms with E-state index >= 15 is 0 Å². The van der Waals surface area contributed by atoms with Crippen molar-refractivity contribution in [3.63, 3.8) is 0 Å². The number of aromatic nitrogens is 5. The van der Waals surface area contributed by atoms with Gasteiger partial charge in [0.25, 0.3) is 0 Å². The minimum Gasteiger partial charge on any atom is -0.486 e. The smallest absolute Gasteiger partial charge is 0.216 e. The molecule has 49 heavy (non-hydrogen) atoms. The van der Waals surface area contributed by atoms with Crippen molar-refractivity contribution in [2.24, 2.45) is 0 Å². The monoisotopic (exact) mass is 812 g/mol. The Morgan fingerprint density at radius 1 is 0.653 bits per heavy atom. The fourth-order valence-corrected chi connectivity index (χ4v) is 5.95. The molecule has 7 heteroatoms. The molecule has 0 amide bonds. The third kappa shape index (κ3) is 6.18. The SMILES string of the molecule is Cc1ccc2c(n1)oc1c(-c3nc4c(C)nc(-c5ccccc5)cc4n3-c3ccccc3)[c-]ccc12.[Ir].[c-]1ccccc1-c1ccccn1. The van der Waals surface area contributed by atoms with Gasteiger partial charge in [-0.2, -0.15) is 0 Å². The Labute approximate surface area is 297 Å². The number of para-hydroxylation sites is 1. The Balaban J connectivity index is 0.000000246. The van der Waals surface area contributed by atoms with E-state index in [1.807, 2.05) is 111 Å². The molecule has 0 bridgehead atoms. The fraction of sp³-hybridized carbons (Fsp3) is 0.0476. The first-order chi connectivity index (χ1) is 23.6. The Kier molecular flexibility index (Phi) is 8.95. The molecule has 5 aromatic heterocycles. The Morgan fingerprint density at radius 2 is 1.43 bits per heavy atom. The van der Waals surface area contributed by atoms with Crippen LogP contribution in [-0.2, 0) is 20.1 Å². The molecule has 6 nitrogen and oxygen atoms in total. The number of rotatable bonds is 4. The third-order valence-corrected chi connectivity index (χ3v) is 8.21. The number of nitrogens with zero attached hydrogens (tertiary/aromatic N) is 5. The molecule has 0 spiro atoms. The number of imidazole rings is 1. The van der Waals surface area contributed by atoms with Crippen molar-refractivity contribution in [3.05, 3.63) is 163 Å². The minimum atomic E-state index is 0. The predicted octanol–water partition coefficient (Wildman–Crippen LogP) is 10.0. The molecule has 0 N–H and O–H groups in total. The van der Waals surface area contributed by atoms with Crippen LogP contribution in [0.4, 0.5) is 0 Å². The summed E-state index contributed by atoms with van der Waals surface area (Å²) in [5.41, 5.74) is 10.8. The molecular weight excluding hydrogens is 783 g/mol. The first-order valence-corrected chi connectivity index (χ1v) is 15.7. The van der Waals surface area contributed by atoms with Crippen LogP contribution >= 0.6 is 0 Å². The van der Waals surface area contributed by atoms with Crippen LogP contribution in [0.2, 0.25) is 0 Å². The Bertz CT molecular complexity index is 2480. The molecule has 0 aliphatic rings. The Hall–Kier alpha value is -5.75. The van der Waals surface area contributed by atoms with Gasteiger partial charge in [0.15, 0.2) is 0 Å². The van der Waals surface area contributed by atoms with Crippen LogP contribution < -0.4 is 0 Å². The van der Waals surface area contributed by atoms with Gasteiger partial charge in [-0.3, -0.25) is 9.97 Å². The second kappa shape index (κ2) is 13.8. The topological polar surface area (TPSA) is 69.6 Å². The van der Waals surface area contributed by atoms with Crippen molar-refractivity contribution in [1.29, 1.82) is 0 Å². The van der Waals surface area contributed by atoms with E-state index in [1.54, 1.807) is 6.20 Å². The van der Waals surface area contributed by atoms with Crippen LogP contribution in [0.1, 0.15) is 11.4 Å². The van der Waals surface area contributed by atoms with Crippen molar-refractivity contribution in [3.8, 4) is 39.6 Å². The van der Waals surface area contributed by atoms with Gasteiger partial charge in [0.2, 0.25) is 5.71 Å². The summed E-state index contributed by atoms with van der Waals surface area (Å²) in [6.45, 7) is 3.98. The molecule has 9 rings (SSSR count). The van der Waals surface area contributed by atoms with Gasteiger partial charge in [-0.25, -0.2) is 4.98 Å². The van der Waals surface area contributed by atoms with Gasteiger partial charge in [-0.1, -0.05) is 71.6 Å². The molecule has 0 saturated heterocycles. The van der Waals surface area contributed by atoms with Crippen LogP contribution in [0, 0.1) is 26.0 Å². The Morgan fingerprint density at radius 3 is 2.18 bits per heavy atom. The van der Waals surface area contributed by atoms with Crippen molar-refractivity contribution in [2.45, 2.75) is 13.8 Å². The molecule has 0 aliphatic heterocycles. The molecule has 0 unspecified atom stereocenters. The number of fused-ring (bicyclic) bond motifs is 4. The van der Waals surface area contributed by atoms with E-state index in [0.29, 0.717) is 5.71 Å². The van der Waals surface area contributed by atoms with Crippen LogP contribution in [-0.4, -0.2) is 24.5 Å². The van der Waals surface area contributed by atoms with Gasteiger partial charge in [0.1, 0.15) is 0 Å². The number of hydrogen-bond donors (Lipinski definition) is 0.